The van der Waals surface area contributed by atoms with Gasteiger partial charge >= 0.3 is 0 Å². The lowest BCUT2D eigenvalue weighted by atomic mass is 10.0. The lowest BCUT2D eigenvalue weighted by Crippen LogP contribution is -2.47. The van der Waals surface area contributed by atoms with E-state index in [1.54, 1.807) is 6.07 Å². The van der Waals surface area contributed by atoms with Gasteiger partial charge in [-0.2, -0.15) is 0 Å². The molecule has 1 unspecified atom stereocenters. The summed E-state index contributed by atoms with van der Waals surface area (Å²) in [5.41, 5.74) is 1.81. The Hall–Kier alpha value is -2.17. The van der Waals surface area contributed by atoms with E-state index in [-0.39, 0.29) is 12.4 Å². The fraction of sp³-hybridized carbons (Fsp3) is 0.435. The maximum absolute atomic E-state index is 12.5. The Bertz CT molecular complexity index is 713. The molecule has 0 bridgehead atoms. The number of ether oxygens (including phenoxy) is 1. The number of Topliss-reactive ketones (excluding diaryl/α,β-unsaturated/α-hetero) is 1. The van der Waals surface area contributed by atoms with Gasteiger partial charge in [-0.3, -0.25) is 4.79 Å². The molecule has 0 aliphatic rings. The highest BCUT2D eigenvalue weighted by Gasteiger charge is 2.20. The molecule has 1 N–H and O–H groups in total. The van der Waals surface area contributed by atoms with Crippen LogP contribution in [0.2, 0.25) is 0 Å². The normalized spacial score (nSPS) is 12.6. The molecule has 0 fully saturated rings. The summed E-state index contributed by atoms with van der Waals surface area (Å²) in [5, 5.41) is 10.3. The Kier molecular flexibility index (Phi) is 8.01. The standard InChI is InChI=1S/C23H32NO3/c1-4-15-24(2,3)17-21(25)18-27-22-12-8-11-20(16-22)23(26)14-13-19-9-6-5-7-10-19/h5-12,16,21,25H,4,13-15,17-18H2,1-3H3/q+1. The maximum Gasteiger partial charge on any atom is 0.163 e. The van der Waals surface area contributed by atoms with Crippen molar-refractivity contribution in [3.05, 3.63) is 65.7 Å². The van der Waals surface area contributed by atoms with Gasteiger partial charge in [0.2, 0.25) is 0 Å². The van der Waals surface area contributed by atoms with Gasteiger partial charge in [0.25, 0.3) is 0 Å². The number of nitrogens with zero attached hydrogens (tertiary/aromatic N) is 1. The topological polar surface area (TPSA) is 46.5 Å². The molecule has 1 atom stereocenters. The number of quaternary nitrogens is 1. The number of rotatable bonds is 11. The van der Waals surface area contributed by atoms with Crippen molar-refractivity contribution in [3.8, 4) is 5.75 Å². The molecule has 0 aliphatic heterocycles. The molecule has 0 amide bonds. The average Bonchev–Trinajstić information content (AvgIpc) is 2.65. The van der Waals surface area contributed by atoms with Crippen molar-refractivity contribution >= 4 is 5.78 Å². The van der Waals surface area contributed by atoms with E-state index in [9.17, 15) is 9.90 Å². The maximum atomic E-state index is 12.5. The summed E-state index contributed by atoms with van der Waals surface area (Å²) in [7, 11) is 4.22. The molecule has 146 valence electrons. The van der Waals surface area contributed by atoms with Crippen molar-refractivity contribution in [1.29, 1.82) is 0 Å². The van der Waals surface area contributed by atoms with Crippen molar-refractivity contribution in [2.75, 3.05) is 33.8 Å². The highest BCUT2D eigenvalue weighted by molar-refractivity contribution is 5.96. The van der Waals surface area contributed by atoms with E-state index < -0.39 is 6.10 Å². The minimum Gasteiger partial charge on any atom is -0.491 e. The van der Waals surface area contributed by atoms with Crippen LogP contribution in [0.5, 0.6) is 5.75 Å². The summed E-state index contributed by atoms with van der Waals surface area (Å²) in [6.45, 7) is 4.03. The van der Waals surface area contributed by atoms with Gasteiger partial charge in [-0.25, -0.2) is 0 Å². The SMILES string of the molecule is CCC[N+](C)(C)CC(O)COc1cccc(C(=O)CCc2ccccc2)c1. The molecule has 2 aromatic rings. The lowest BCUT2D eigenvalue weighted by Gasteiger charge is -2.31. The number of hydrogen-bond donors (Lipinski definition) is 1. The van der Waals surface area contributed by atoms with E-state index in [1.807, 2.05) is 48.5 Å². The molecule has 0 aromatic heterocycles. The Labute approximate surface area is 163 Å². The van der Waals surface area contributed by atoms with Gasteiger partial charge in [0, 0.05) is 12.0 Å². The van der Waals surface area contributed by atoms with Crippen LogP contribution < -0.4 is 4.74 Å². The highest BCUT2D eigenvalue weighted by Crippen LogP contribution is 2.16. The molecule has 0 aliphatic carbocycles. The number of hydrogen-bond acceptors (Lipinski definition) is 3. The predicted molar refractivity (Wildman–Crippen MR) is 109 cm³/mol. The van der Waals surface area contributed by atoms with Crippen LogP contribution in [-0.4, -0.2) is 55.3 Å². The summed E-state index contributed by atoms with van der Waals surface area (Å²) < 4.78 is 6.50. The monoisotopic (exact) mass is 370 g/mol. The van der Waals surface area contributed by atoms with E-state index >= 15 is 0 Å². The van der Waals surface area contributed by atoms with Crippen molar-refractivity contribution in [2.45, 2.75) is 32.3 Å². The second-order valence-electron chi connectivity index (χ2n) is 7.74. The number of carbonyl (C=O) groups excluding carboxylic acids is 1. The van der Waals surface area contributed by atoms with E-state index in [2.05, 4.69) is 21.0 Å². The van der Waals surface area contributed by atoms with Crippen LogP contribution >= 0.6 is 0 Å². The molecule has 0 radical (unpaired) electrons. The molecule has 27 heavy (non-hydrogen) atoms. The van der Waals surface area contributed by atoms with Crippen LogP contribution in [0.3, 0.4) is 0 Å². The first-order valence-corrected chi connectivity index (χ1v) is 9.69. The van der Waals surface area contributed by atoms with Gasteiger partial charge in [0.05, 0.1) is 20.6 Å². The molecular formula is C23H32NO3+. The highest BCUT2D eigenvalue weighted by atomic mass is 16.5. The first-order chi connectivity index (χ1) is 12.9. The lowest BCUT2D eigenvalue weighted by molar-refractivity contribution is -0.893. The summed E-state index contributed by atoms with van der Waals surface area (Å²) in [4.78, 5) is 12.5. The van der Waals surface area contributed by atoms with Gasteiger partial charge in [-0.05, 0) is 30.5 Å². The zero-order valence-corrected chi connectivity index (χ0v) is 16.7. The van der Waals surface area contributed by atoms with Gasteiger partial charge in [0.15, 0.2) is 5.78 Å². The summed E-state index contributed by atoms with van der Waals surface area (Å²) in [6.07, 6.45) is 1.74. The second kappa shape index (κ2) is 10.2. The zero-order valence-electron chi connectivity index (χ0n) is 16.7. The van der Waals surface area contributed by atoms with E-state index in [4.69, 9.17) is 4.74 Å². The van der Waals surface area contributed by atoms with Crippen LogP contribution in [-0.2, 0) is 6.42 Å². The van der Waals surface area contributed by atoms with Gasteiger partial charge in [0.1, 0.15) is 25.0 Å². The quantitative estimate of drug-likeness (QED) is 0.484. The van der Waals surface area contributed by atoms with E-state index in [0.717, 1.165) is 29.4 Å². The molecular weight excluding hydrogens is 338 g/mol. The molecule has 0 heterocycles. The third kappa shape index (κ3) is 7.53. The summed E-state index contributed by atoms with van der Waals surface area (Å²) >= 11 is 0. The molecule has 2 aromatic carbocycles. The Morgan fingerprint density at radius 1 is 1.11 bits per heavy atom. The fourth-order valence-electron chi connectivity index (χ4n) is 3.32. The van der Waals surface area contributed by atoms with Crippen molar-refractivity contribution in [1.82, 2.24) is 0 Å². The van der Waals surface area contributed by atoms with Crippen molar-refractivity contribution in [2.24, 2.45) is 0 Å². The van der Waals surface area contributed by atoms with Crippen LogP contribution in [0.4, 0.5) is 0 Å². The van der Waals surface area contributed by atoms with Crippen molar-refractivity contribution in [3.63, 3.8) is 0 Å². The fourth-order valence-corrected chi connectivity index (χ4v) is 3.32. The minimum atomic E-state index is -0.538. The number of carbonyl (C=O) groups is 1. The second-order valence-corrected chi connectivity index (χ2v) is 7.74. The minimum absolute atomic E-state index is 0.102. The largest absolute Gasteiger partial charge is 0.491 e. The Balaban J connectivity index is 1.86. The average molecular weight is 371 g/mol. The number of aliphatic hydroxyl groups excluding tert-OH is 1. The van der Waals surface area contributed by atoms with Crippen LogP contribution in [0, 0.1) is 0 Å². The zero-order chi connectivity index (χ0) is 19.7. The first kappa shape index (κ1) is 21.1. The number of likely N-dealkylation sites (N-methyl/N-ethyl adjacent to an activating group) is 1. The molecule has 0 spiro atoms. The smallest absolute Gasteiger partial charge is 0.163 e. The van der Waals surface area contributed by atoms with E-state index in [1.165, 1.54) is 0 Å². The van der Waals surface area contributed by atoms with Gasteiger partial charge in [-0.15, -0.1) is 0 Å². The van der Waals surface area contributed by atoms with Crippen LogP contribution in [0.1, 0.15) is 35.7 Å². The first-order valence-electron chi connectivity index (χ1n) is 9.69. The number of ketones is 1. The van der Waals surface area contributed by atoms with Crippen LogP contribution in [0.15, 0.2) is 54.6 Å². The molecule has 4 heteroatoms. The number of aliphatic hydroxyl groups is 1. The van der Waals surface area contributed by atoms with Crippen LogP contribution in [0.25, 0.3) is 0 Å². The molecule has 0 saturated heterocycles. The summed E-state index contributed by atoms with van der Waals surface area (Å²) in [5.74, 6) is 0.728. The van der Waals surface area contributed by atoms with E-state index in [0.29, 0.717) is 24.3 Å². The predicted octanol–water partition coefficient (Wildman–Crippen LogP) is 3.73. The van der Waals surface area contributed by atoms with Gasteiger partial charge < -0.3 is 14.3 Å². The Morgan fingerprint density at radius 3 is 2.56 bits per heavy atom. The molecule has 2 rings (SSSR count). The molecule has 4 nitrogen and oxygen atoms in total. The third-order valence-electron chi connectivity index (χ3n) is 4.62. The summed E-state index contributed by atoms with van der Waals surface area (Å²) in [6, 6.07) is 17.3. The molecule has 0 saturated carbocycles. The number of aryl methyl sites for hydroxylation is 1. The number of benzene rings is 2. The third-order valence-corrected chi connectivity index (χ3v) is 4.62. The van der Waals surface area contributed by atoms with Gasteiger partial charge in [-0.1, -0.05) is 49.4 Å². The van der Waals surface area contributed by atoms with Crippen molar-refractivity contribution < 1.29 is 19.1 Å². The Morgan fingerprint density at radius 2 is 1.85 bits per heavy atom.